The Balaban J connectivity index is 2.65. The van der Waals surface area contributed by atoms with Crippen molar-refractivity contribution in [1.29, 1.82) is 0 Å². The summed E-state index contributed by atoms with van der Waals surface area (Å²) < 4.78 is 38.4. The van der Waals surface area contributed by atoms with Crippen molar-refractivity contribution >= 4 is 16.6 Å². The normalized spacial score (nSPS) is 13.5. The van der Waals surface area contributed by atoms with Crippen LogP contribution in [0.4, 0.5) is 18.9 Å². The van der Waals surface area contributed by atoms with Crippen molar-refractivity contribution in [2.45, 2.75) is 32.4 Å². The molecule has 20 heavy (non-hydrogen) atoms. The summed E-state index contributed by atoms with van der Waals surface area (Å²) in [6.45, 7) is 4.18. The molecular weight excluding hydrogens is 265 g/mol. The van der Waals surface area contributed by atoms with Crippen molar-refractivity contribution in [3.63, 3.8) is 0 Å². The third kappa shape index (κ3) is 2.71. The maximum absolute atomic E-state index is 12.8. The zero-order valence-corrected chi connectivity index (χ0v) is 11.7. The monoisotopic (exact) mass is 282 g/mol. The number of halogens is 3. The summed E-state index contributed by atoms with van der Waals surface area (Å²) >= 11 is 0. The van der Waals surface area contributed by atoms with E-state index < -0.39 is 11.9 Å². The number of alkyl halides is 3. The van der Waals surface area contributed by atoms with E-state index in [0.29, 0.717) is 17.1 Å². The lowest BCUT2D eigenvalue weighted by Crippen LogP contribution is -2.09. The molecule has 1 atom stereocenters. The minimum Gasteiger partial charge on any atom is -0.388 e. The highest BCUT2D eigenvalue weighted by molar-refractivity contribution is 5.92. The maximum Gasteiger partial charge on any atom is 0.433 e. The van der Waals surface area contributed by atoms with Crippen LogP contribution in [-0.2, 0) is 6.18 Å². The fraction of sp³-hybridized carbons (Fsp3) is 0.400. The first-order valence-corrected chi connectivity index (χ1v) is 6.56. The Kier molecular flexibility index (Phi) is 3.88. The fourth-order valence-electron chi connectivity index (χ4n) is 2.14. The first kappa shape index (κ1) is 14.6. The number of benzene rings is 1. The van der Waals surface area contributed by atoms with Crippen LogP contribution in [-0.4, -0.2) is 12.0 Å². The number of rotatable bonds is 3. The van der Waals surface area contributed by atoms with Crippen molar-refractivity contribution < 1.29 is 13.2 Å². The van der Waals surface area contributed by atoms with Gasteiger partial charge in [-0.1, -0.05) is 19.9 Å². The van der Waals surface area contributed by atoms with E-state index in [4.69, 9.17) is 0 Å². The topological polar surface area (TPSA) is 24.9 Å². The number of fused-ring (bicyclic) bond motifs is 1. The van der Waals surface area contributed by atoms with Gasteiger partial charge in [-0.3, -0.25) is 0 Å². The minimum atomic E-state index is -4.44. The number of anilines is 1. The summed E-state index contributed by atoms with van der Waals surface area (Å²) in [7, 11) is 1.62. The van der Waals surface area contributed by atoms with Crippen LogP contribution in [0.25, 0.3) is 10.9 Å². The quantitative estimate of drug-likeness (QED) is 0.874. The highest BCUT2D eigenvalue weighted by Crippen LogP contribution is 2.34. The molecule has 1 aromatic heterocycles. The minimum absolute atomic E-state index is 0.358. The van der Waals surface area contributed by atoms with E-state index in [1.807, 2.05) is 12.1 Å². The van der Waals surface area contributed by atoms with Crippen molar-refractivity contribution in [3.8, 4) is 0 Å². The van der Waals surface area contributed by atoms with Gasteiger partial charge in [0.1, 0.15) is 5.69 Å². The third-order valence-electron chi connectivity index (χ3n) is 3.57. The smallest absolute Gasteiger partial charge is 0.388 e. The zero-order valence-electron chi connectivity index (χ0n) is 11.7. The van der Waals surface area contributed by atoms with Gasteiger partial charge in [0.05, 0.1) is 5.52 Å². The molecule has 1 aromatic carbocycles. The molecule has 0 amide bonds. The van der Waals surface area contributed by atoms with E-state index >= 15 is 0 Å². The largest absolute Gasteiger partial charge is 0.433 e. The highest BCUT2D eigenvalue weighted by atomic mass is 19.4. The van der Waals surface area contributed by atoms with Crippen LogP contribution in [0.3, 0.4) is 0 Å². The number of pyridine rings is 1. The summed E-state index contributed by atoms with van der Waals surface area (Å²) in [5, 5.41) is 3.55. The number of nitrogens with zero attached hydrogens (tertiary/aromatic N) is 1. The van der Waals surface area contributed by atoms with Crippen LogP contribution in [0, 0.1) is 0 Å². The van der Waals surface area contributed by atoms with Crippen molar-refractivity contribution in [2.75, 3.05) is 12.4 Å². The van der Waals surface area contributed by atoms with Gasteiger partial charge < -0.3 is 5.32 Å². The highest BCUT2D eigenvalue weighted by Gasteiger charge is 2.33. The predicted molar refractivity (Wildman–Crippen MR) is 75.0 cm³/mol. The Morgan fingerprint density at radius 3 is 2.50 bits per heavy atom. The zero-order chi connectivity index (χ0) is 14.9. The Bertz CT molecular complexity index is 620. The van der Waals surface area contributed by atoms with Crippen molar-refractivity contribution in [2.24, 2.45) is 0 Å². The van der Waals surface area contributed by atoms with Crippen molar-refractivity contribution in [1.82, 2.24) is 4.98 Å². The van der Waals surface area contributed by atoms with Gasteiger partial charge >= 0.3 is 6.18 Å². The predicted octanol–water partition coefficient (Wildman–Crippen LogP) is 4.81. The molecule has 2 nitrogen and oxygen atoms in total. The Hall–Kier alpha value is -1.78. The average Bonchev–Trinajstić information content (AvgIpc) is 2.43. The van der Waals surface area contributed by atoms with E-state index in [1.165, 1.54) is 0 Å². The third-order valence-corrected chi connectivity index (χ3v) is 3.57. The second-order valence-electron chi connectivity index (χ2n) is 4.89. The molecule has 0 saturated heterocycles. The number of aromatic nitrogens is 1. The van der Waals surface area contributed by atoms with Gasteiger partial charge in [0.15, 0.2) is 0 Å². The fourth-order valence-corrected chi connectivity index (χ4v) is 2.14. The van der Waals surface area contributed by atoms with Gasteiger partial charge in [-0.15, -0.1) is 0 Å². The van der Waals surface area contributed by atoms with E-state index in [-0.39, 0.29) is 0 Å². The number of hydrogen-bond donors (Lipinski definition) is 1. The molecular formula is C15H17F3N2. The van der Waals surface area contributed by atoms with Crippen LogP contribution in [0.2, 0.25) is 0 Å². The second-order valence-corrected chi connectivity index (χ2v) is 4.89. The van der Waals surface area contributed by atoms with E-state index in [9.17, 15) is 13.2 Å². The average molecular weight is 282 g/mol. The Labute approximate surface area is 116 Å². The lowest BCUT2D eigenvalue weighted by molar-refractivity contribution is -0.140. The molecule has 1 heterocycles. The molecule has 0 spiro atoms. The van der Waals surface area contributed by atoms with Crippen LogP contribution in [0.15, 0.2) is 24.3 Å². The van der Waals surface area contributed by atoms with Crippen molar-refractivity contribution in [3.05, 3.63) is 35.5 Å². The Morgan fingerprint density at radius 1 is 1.25 bits per heavy atom. The molecule has 0 fully saturated rings. The molecule has 2 aromatic rings. The molecule has 0 bridgehead atoms. The second kappa shape index (κ2) is 5.31. The van der Waals surface area contributed by atoms with Gasteiger partial charge in [-0.2, -0.15) is 13.2 Å². The summed E-state index contributed by atoms with van der Waals surface area (Å²) in [4.78, 5) is 3.72. The van der Waals surface area contributed by atoms with Gasteiger partial charge in [0.2, 0.25) is 0 Å². The van der Waals surface area contributed by atoms with E-state index in [2.05, 4.69) is 24.1 Å². The standard InChI is InChI=1S/C15H17F3N2/c1-4-9(2)10-5-6-12-11(7-10)13(19-3)8-14(20-12)15(16,17)18/h5-9H,4H2,1-3H3,(H,19,20). The molecule has 1 N–H and O–H groups in total. The molecule has 0 aliphatic rings. The van der Waals surface area contributed by atoms with Crippen LogP contribution in [0.1, 0.15) is 37.4 Å². The molecule has 0 aliphatic heterocycles. The van der Waals surface area contributed by atoms with Crippen LogP contribution < -0.4 is 5.32 Å². The van der Waals surface area contributed by atoms with Crippen LogP contribution >= 0.6 is 0 Å². The van der Waals surface area contributed by atoms with Gasteiger partial charge in [0, 0.05) is 18.1 Å². The maximum atomic E-state index is 12.8. The first-order valence-electron chi connectivity index (χ1n) is 6.56. The Morgan fingerprint density at radius 2 is 1.95 bits per heavy atom. The molecule has 5 heteroatoms. The van der Waals surface area contributed by atoms with E-state index in [1.54, 1.807) is 13.1 Å². The van der Waals surface area contributed by atoms with Gasteiger partial charge in [-0.25, -0.2) is 4.98 Å². The summed E-state index contributed by atoms with van der Waals surface area (Å²) in [6, 6.07) is 6.49. The molecule has 2 rings (SSSR count). The molecule has 1 unspecified atom stereocenters. The lowest BCUT2D eigenvalue weighted by atomic mass is 9.96. The number of nitrogens with one attached hydrogen (secondary N) is 1. The summed E-state index contributed by atoms with van der Waals surface area (Å²) in [6.07, 6.45) is -3.45. The van der Waals surface area contributed by atoms with E-state index in [0.717, 1.165) is 23.4 Å². The van der Waals surface area contributed by atoms with Gasteiger partial charge in [-0.05, 0) is 36.1 Å². The SMILES string of the molecule is CCC(C)c1ccc2nc(C(F)(F)F)cc(NC)c2c1. The lowest BCUT2D eigenvalue weighted by Gasteiger charge is -2.14. The summed E-state index contributed by atoms with van der Waals surface area (Å²) in [5.74, 6) is 0.367. The summed E-state index contributed by atoms with van der Waals surface area (Å²) in [5.41, 5.74) is 1.05. The molecule has 0 saturated carbocycles. The number of hydrogen-bond acceptors (Lipinski definition) is 2. The first-order chi connectivity index (χ1) is 9.36. The molecule has 0 radical (unpaired) electrons. The molecule has 108 valence electrons. The van der Waals surface area contributed by atoms with Crippen LogP contribution in [0.5, 0.6) is 0 Å². The van der Waals surface area contributed by atoms with Gasteiger partial charge in [0.25, 0.3) is 0 Å². The molecule has 0 aliphatic carbocycles.